The lowest BCUT2D eigenvalue weighted by molar-refractivity contribution is 0.347. The van der Waals surface area contributed by atoms with Crippen molar-refractivity contribution in [1.82, 2.24) is 34.7 Å². The van der Waals surface area contributed by atoms with Crippen molar-refractivity contribution in [1.29, 1.82) is 0 Å². The van der Waals surface area contributed by atoms with Gasteiger partial charge >= 0.3 is 0 Å². The molecule has 0 aliphatic rings. The predicted molar refractivity (Wildman–Crippen MR) is 81.5 cm³/mol. The summed E-state index contributed by atoms with van der Waals surface area (Å²) in [6.07, 6.45) is 8.87. The number of hydrogen-bond acceptors (Lipinski definition) is 6. The molecule has 3 aromatic heterocycles. The largest absolute Gasteiger partial charge is 0.377 e. The van der Waals surface area contributed by atoms with Gasteiger partial charge in [0, 0.05) is 12.4 Å². The normalized spacial score (nSPS) is 11.6. The third-order valence-electron chi connectivity index (χ3n) is 3.04. The molecule has 0 unspecified atom stereocenters. The van der Waals surface area contributed by atoms with Gasteiger partial charge in [0.25, 0.3) is 0 Å². The monoisotopic (exact) mass is 298 g/mol. The lowest BCUT2D eigenvalue weighted by Crippen LogP contribution is -2.22. The Morgan fingerprint density at radius 1 is 1.14 bits per heavy atom. The van der Waals surface area contributed by atoms with Gasteiger partial charge in [-0.25, -0.2) is 19.3 Å². The van der Waals surface area contributed by atoms with Gasteiger partial charge in [-0.15, -0.1) is 5.10 Å². The van der Waals surface area contributed by atoms with Crippen molar-refractivity contribution in [3.05, 3.63) is 42.7 Å². The van der Waals surface area contributed by atoms with Gasteiger partial charge in [0.2, 0.25) is 5.95 Å². The minimum atomic E-state index is -0.0687. The van der Waals surface area contributed by atoms with Crippen LogP contribution in [0, 0.1) is 0 Å². The van der Waals surface area contributed by atoms with Gasteiger partial charge in [-0.05, 0) is 26.8 Å². The average Bonchev–Trinajstić information content (AvgIpc) is 3.15. The highest BCUT2D eigenvalue weighted by Gasteiger charge is 2.14. The molecule has 0 aromatic carbocycles. The summed E-state index contributed by atoms with van der Waals surface area (Å²) >= 11 is 0. The Hall–Kier alpha value is -2.77. The van der Waals surface area contributed by atoms with Crippen LogP contribution in [0.4, 0.5) is 5.69 Å². The van der Waals surface area contributed by atoms with Crippen molar-refractivity contribution < 1.29 is 0 Å². The van der Waals surface area contributed by atoms with Crippen LogP contribution < -0.4 is 5.32 Å². The molecule has 3 rings (SSSR count). The zero-order chi connectivity index (χ0) is 15.6. The van der Waals surface area contributed by atoms with Crippen LogP contribution in [0.25, 0.3) is 5.95 Å². The van der Waals surface area contributed by atoms with Crippen molar-refractivity contribution >= 4 is 5.69 Å². The van der Waals surface area contributed by atoms with E-state index >= 15 is 0 Å². The molecule has 114 valence electrons. The van der Waals surface area contributed by atoms with E-state index in [0.29, 0.717) is 12.5 Å². The molecule has 22 heavy (non-hydrogen) atoms. The van der Waals surface area contributed by atoms with Gasteiger partial charge < -0.3 is 5.32 Å². The number of nitrogens with one attached hydrogen (secondary N) is 1. The van der Waals surface area contributed by atoms with Crippen LogP contribution in [0.5, 0.6) is 0 Å². The van der Waals surface area contributed by atoms with Crippen molar-refractivity contribution in [3.63, 3.8) is 0 Å². The first kappa shape index (κ1) is 14.2. The summed E-state index contributed by atoms with van der Waals surface area (Å²) in [5, 5.41) is 15.8. The van der Waals surface area contributed by atoms with Crippen molar-refractivity contribution in [2.24, 2.45) is 0 Å². The standard InChI is InChI=1S/C14H18N8/c1-14(2,3)22-10-12(19-20-22)7-17-11-8-18-21(9-11)13-15-5-4-6-16-13/h4-6,8-10,17H,7H2,1-3H3. The Kier molecular flexibility index (Phi) is 3.58. The van der Waals surface area contributed by atoms with E-state index < -0.39 is 0 Å². The number of nitrogens with zero attached hydrogens (tertiary/aromatic N) is 7. The van der Waals surface area contributed by atoms with Gasteiger partial charge in [-0.3, -0.25) is 0 Å². The molecule has 0 saturated heterocycles. The summed E-state index contributed by atoms with van der Waals surface area (Å²) in [7, 11) is 0. The second kappa shape index (κ2) is 5.55. The van der Waals surface area contributed by atoms with Crippen LogP contribution in [-0.2, 0) is 12.1 Å². The summed E-state index contributed by atoms with van der Waals surface area (Å²) in [4.78, 5) is 8.29. The Labute approximate surface area is 128 Å². The highest BCUT2D eigenvalue weighted by molar-refractivity contribution is 5.40. The summed E-state index contributed by atoms with van der Waals surface area (Å²) < 4.78 is 3.47. The molecule has 0 atom stereocenters. The summed E-state index contributed by atoms with van der Waals surface area (Å²) in [5.41, 5.74) is 1.68. The molecule has 0 aliphatic heterocycles. The quantitative estimate of drug-likeness (QED) is 0.787. The molecule has 8 heteroatoms. The van der Waals surface area contributed by atoms with Gasteiger partial charge in [0.15, 0.2) is 0 Å². The molecule has 3 aromatic rings. The highest BCUT2D eigenvalue weighted by atomic mass is 15.4. The highest BCUT2D eigenvalue weighted by Crippen LogP contribution is 2.13. The fraction of sp³-hybridized carbons (Fsp3) is 0.357. The van der Waals surface area contributed by atoms with E-state index in [4.69, 9.17) is 0 Å². The number of anilines is 1. The molecule has 0 amide bonds. The molecular weight excluding hydrogens is 280 g/mol. The Bertz CT molecular complexity index is 738. The van der Waals surface area contributed by atoms with Gasteiger partial charge in [0.05, 0.1) is 36.4 Å². The molecule has 0 spiro atoms. The van der Waals surface area contributed by atoms with Crippen LogP contribution in [0.3, 0.4) is 0 Å². The van der Waals surface area contributed by atoms with E-state index in [2.05, 4.69) is 51.5 Å². The summed E-state index contributed by atoms with van der Waals surface area (Å²) in [6, 6.07) is 1.77. The smallest absolute Gasteiger partial charge is 0.250 e. The maximum Gasteiger partial charge on any atom is 0.250 e. The SMILES string of the molecule is CC(C)(C)n1cc(CNc2cnn(-c3ncccn3)c2)nn1. The molecule has 3 heterocycles. The lowest BCUT2D eigenvalue weighted by atomic mass is 10.1. The lowest BCUT2D eigenvalue weighted by Gasteiger charge is -2.17. The summed E-state index contributed by atoms with van der Waals surface area (Å²) in [5.74, 6) is 0.536. The number of hydrogen-bond donors (Lipinski definition) is 1. The maximum absolute atomic E-state index is 4.23. The molecular formula is C14H18N8. The van der Waals surface area contributed by atoms with Crippen LogP contribution >= 0.6 is 0 Å². The fourth-order valence-electron chi connectivity index (χ4n) is 1.83. The van der Waals surface area contributed by atoms with Crippen LogP contribution in [0.15, 0.2) is 37.1 Å². The number of aromatic nitrogens is 7. The summed E-state index contributed by atoms with van der Waals surface area (Å²) in [6.45, 7) is 6.84. The molecule has 0 fully saturated rings. The van der Waals surface area contributed by atoms with Crippen molar-refractivity contribution in [2.45, 2.75) is 32.9 Å². The number of rotatable bonds is 4. The predicted octanol–water partition coefficient (Wildman–Crippen LogP) is 1.62. The minimum absolute atomic E-state index is 0.0687. The van der Waals surface area contributed by atoms with E-state index in [1.165, 1.54) is 0 Å². The van der Waals surface area contributed by atoms with Crippen LogP contribution in [0.2, 0.25) is 0 Å². The first-order valence-corrected chi connectivity index (χ1v) is 7.00. The third-order valence-corrected chi connectivity index (χ3v) is 3.04. The fourth-order valence-corrected chi connectivity index (χ4v) is 1.83. The Balaban J connectivity index is 1.65. The maximum atomic E-state index is 4.23. The van der Waals surface area contributed by atoms with E-state index in [1.54, 1.807) is 29.3 Å². The van der Waals surface area contributed by atoms with E-state index in [1.807, 2.05) is 17.1 Å². The first-order valence-electron chi connectivity index (χ1n) is 7.00. The molecule has 0 aliphatic carbocycles. The average molecular weight is 298 g/mol. The van der Waals surface area contributed by atoms with Gasteiger partial charge in [0.1, 0.15) is 5.69 Å². The van der Waals surface area contributed by atoms with Crippen molar-refractivity contribution in [2.75, 3.05) is 5.32 Å². The molecule has 0 radical (unpaired) electrons. The van der Waals surface area contributed by atoms with E-state index in [9.17, 15) is 0 Å². The molecule has 0 bridgehead atoms. The van der Waals surface area contributed by atoms with Gasteiger partial charge in [-0.2, -0.15) is 5.10 Å². The Morgan fingerprint density at radius 3 is 2.59 bits per heavy atom. The Morgan fingerprint density at radius 2 is 1.91 bits per heavy atom. The first-order chi connectivity index (χ1) is 10.5. The second-order valence-electron chi connectivity index (χ2n) is 5.90. The van der Waals surface area contributed by atoms with Crippen molar-refractivity contribution in [3.8, 4) is 5.95 Å². The minimum Gasteiger partial charge on any atom is -0.377 e. The van der Waals surface area contributed by atoms with E-state index in [0.717, 1.165) is 11.4 Å². The molecule has 0 saturated carbocycles. The second-order valence-corrected chi connectivity index (χ2v) is 5.90. The zero-order valence-electron chi connectivity index (χ0n) is 12.8. The molecule has 1 N–H and O–H groups in total. The molecule has 8 nitrogen and oxygen atoms in total. The zero-order valence-corrected chi connectivity index (χ0v) is 12.8. The van der Waals surface area contributed by atoms with Gasteiger partial charge in [-0.1, -0.05) is 5.21 Å². The van der Waals surface area contributed by atoms with Crippen LogP contribution in [-0.4, -0.2) is 34.7 Å². The third kappa shape index (κ3) is 3.11. The van der Waals surface area contributed by atoms with E-state index in [-0.39, 0.29) is 5.54 Å². The topological polar surface area (TPSA) is 86.3 Å². The van der Waals surface area contributed by atoms with Crippen LogP contribution in [0.1, 0.15) is 26.5 Å².